The summed E-state index contributed by atoms with van der Waals surface area (Å²) in [6, 6.07) is -0.329. The molecule has 1 rings (SSSR count). The summed E-state index contributed by atoms with van der Waals surface area (Å²) in [5.74, 6) is -0.781. The molecule has 1 heterocycles. The van der Waals surface area contributed by atoms with Gasteiger partial charge in [0.1, 0.15) is 0 Å². The number of nitrogens with zero attached hydrogens (tertiary/aromatic N) is 1. The molecule has 0 saturated carbocycles. The van der Waals surface area contributed by atoms with E-state index in [1.807, 2.05) is 6.92 Å². The number of rotatable bonds is 3. The zero-order chi connectivity index (χ0) is 14.6. The van der Waals surface area contributed by atoms with Crippen LogP contribution in [0.1, 0.15) is 40.0 Å². The molecule has 0 spiro atoms. The van der Waals surface area contributed by atoms with Gasteiger partial charge in [0.05, 0.1) is 6.42 Å². The lowest BCUT2D eigenvalue weighted by molar-refractivity contribution is -0.138. The van der Waals surface area contributed by atoms with Crippen LogP contribution in [0, 0.1) is 11.8 Å². The monoisotopic (exact) mass is 270 g/mol. The fourth-order valence-electron chi connectivity index (χ4n) is 2.46. The van der Waals surface area contributed by atoms with Crippen LogP contribution in [-0.2, 0) is 9.59 Å². The van der Waals surface area contributed by atoms with Crippen molar-refractivity contribution >= 4 is 17.9 Å². The van der Waals surface area contributed by atoms with Gasteiger partial charge < -0.3 is 10.0 Å². The standard InChI is InChI=1S/C13H22N2O4/c1-8-6-9(2)10(3)15(7-8)13(19)14-11(16)4-5-12(17)18/h8-10H,4-7H2,1-3H3,(H,17,18)(H,14,16,19). The van der Waals surface area contributed by atoms with Crippen molar-refractivity contribution in [1.82, 2.24) is 10.2 Å². The Hall–Kier alpha value is -1.59. The Morgan fingerprint density at radius 1 is 1.21 bits per heavy atom. The van der Waals surface area contributed by atoms with Gasteiger partial charge in [0, 0.05) is 19.0 Å². The van der Waals surface area contributed by atoms with Crippen molar-refractivity contribution in [2.24, 2.45) is 11.8 Å². The first kappa shape index (κ1) is 15.5. The van der Waals surface area contributed by atoms with E-state index in [4.69, 9.17) is 5.11 Å². The summed E-state index contributed by atoms with van der Waals surface area (Å²) in [5, 5.41) is 10.7. The van der Waals surface area contributed by atoms with Gasteiger partial charge in [-0.3, -0.25) is 14.9 Å². The molecule has 108 valence electrons. The molecule has 1 fully saturated rings. The van der Waals surface area contributed by atoms with Gasteiger partial charge in [0.25, 0.3) is 0 Å². The van der Waals surface area contributed by atoms with Gasteiger partial charge >= 0.3 is 12.0 Å². The van der Waals surface area contributed by atoms with Gasteiger partial charge in [-0.1, -0.05) is 13.8 Å². The van der Waals surface area contributed by atoms with Crippen molar-refractivity contribution in [3.63, 3.8) is 0 Å². The van der Waals surface area contributed by atoms with E-state index in [1.54, 1.807) is 4.90 Å². The maximum atomic E-state index is 12.0. The Kier molecular flexibility index (Phi) is 5.32. The Morgan fingerprint density at radius 3 is 2.42 bits per heavy atom. The summed E-state index contributed by atoms with van der Waals surface area (Å²) in [7, 11) is 0. The fourth-order valence-corrected chi connectivity index (χ4v) is 2.46. The Labute approximate surface area is 113 Å². The molecule has 3 atom stereocenters. The number of carbonyl (C=O) groups excluding carboxylic acids is 2. The molecule has 3 amide bonds. The van der Waals surface area contributed by atoms with E-state index in [-0.39, 0.29) is 18.9 Å². The van der Waals surface area contributed by atoms with Crippen LogP contribution in [0.4, 0.5) is 4.79 Å². The third-order valence-electron chi connectivity index (χ3n) is 3.67. The number of amides is 3. The molecule has 0 aromatic rings. The first-order valence-electron chi connectivity index (χ1n) is 6.63. The average molecular weight is 270 g/mol. The van der Waals surface area contributed by atoms with Crippen molar-refractivity contribution in [1.29, 1.82) is 0 Å². The van der Waals surface area contributed by atoms with Gasteiger partial charge in [0.2, 0.25) is 5.91 Å². The zero-order valence-corrected chi connectivity index (χ0v) is 11.7. The molecular weight excluding hydrogens is 248 g/mol. The first-order valence-corrected chi connectivity index (χ1v) is 6.63. The van der Waals surface area contributed by atoms with Crippen molar-refractivity contribution in [2.75, 3.05) is 6.54 Å². The molecule has 0 aromatic carbocycles. The lowest BCUT2D eigenvalue weighted by Crippen LogP contribution is -2.53. The Balaban J connectivity index is 2.52. The van der Waals surface area contributed by atoms with Gasteiger partial charge in [0.15, 0.2) is 0 Å². The van der Waals surface area contributed by atoms with Crippen LogP contribution >= 0.6 is 0 Å². The minimum Gasteiger partial charge on any atom is -0.481 e. The summed E-state index contributed by atoms with van der Waals surface area (Å²) >= 11 is 0. The molecule has 0 bridgehead atoms. The first-order chi connectivity index (χ1) is 8.81. The van der Waals surface area contributed by atoms with Gasteiger partial charge in [-0.2, -0.15) is 0 Å². The van der Waals surface area contributed by atoms with Crippen molar-refractivity contribution in [2.45, 2.75) is 46.1 Å². The molecule has 0 radical (unpaired) electrons. The summed E-state index contributed by atoms with van der Waals surface area (Å²) in [4.78, 5) is 35.5. The highest BCUT2D eigenvalue weighted by molar-refractivity contribution is 5.95. The van der Waals surface area contributed by atoms with Gasteiger partial charge in [-0.15, -0.1) is 0 Å². The minimum atomic E-state index is -1.05. The number of likely N-dealkylation sites (tertiary alicyclic amines) is 1. The number of hydrogen-bond acceptors (Lipinski definition) is 3. The van der Waals surface area contributed by atoms with Crippen LogP contribution < -0.4 is 5.32 Å². The summed E-state index contributed by atoms with van der Waals surface area (Å²) in [5.41, 5.74) is 0. The SMILES string of the molecule is CC1CC(C)C(C)N(C(=O)NC(=O)CCC(=O)O)C1. The Bertz CT molecular complexity index is 370. The molecule has 1 aliphatic rings. The number of hydrogen-bond donors (Lipinski definition) is 2. The predicted molar refractivity (Wildman–Crippen MR) is 69.5 cm³/mol. The number of aliphatic carboxylic acids is 1. The maximum Gasteiger partial charge on any atom is 0.324 e. The molecular formula is C13H22N2O4. The van der Waals surface area contributed by atoms with Crippen LogP contribution in [0.2, 0.25) is 0 Å². The highest BCUT2D eigenvalue weighted by Gasteiger charge is 2.32. The molecule has 1 saturated heterocycles. The van der Waals surface area contributed by atoms with Gasteiger partial charge in [-0.25, -0.2) is 4.79 Å². The number of urea groups is 1. The van der Waals surface area contributed by atoms with Crippen LogP contribution in [0.3, 0.4) is 0 Å². The number of nitrogens with one attached hydrogen (secondary N) is 1. The van der Waals surface area contributed by atoms with E-state index < -0.39 is 17.9 Å². The second-order valence-electron chi connectivity index (χ2n) is 5.46. The number of carbonyl (C=O) groups is 3. The molecule has 1 aliphatic heterocycles. The van der Waals surface area contributed by atoms with E-state index in [0.717, 1.165) is 6.42 Å². The van der Waals surface area contributed by atoms with E-state index in [9.17, 15) is 14.4 Å². The van der Waals surface area contributed by atoms with E-state index in [0.29, 0.717) is 18.4 Å². The third-order valence-corrected chi connectivity index (χ3v) is 3.67. The normalized spacial score (nSPS) is 26.9. The quantitative estimate of drug-likeness (QED) is 0.812. The second-order valence-corrected chi connectivity index (χ2v) is 5.46. The van der Waals surface area contributed by atoms with E-state index in [2.05, 4.69) is 19.2 Å². The molecule has 0 aromatic heterocycles. The lowest BCUT2D eigenvalue weighted by Gasteiger charge is -2.40. The van der Waals surface area contributed by atoms with E-state index >= 15 is 0 Å². The van der Waals surface area contributed by atoms with Gasteiger partial charge in [-0.05, 0) is 25.2 Å². The van der Waals surface area contributed by atoms with Crippen molar-refractivity contribution in [3.8, 4) is 0 Å². The average Bonchev–Trinajstić information content (AvgIpc) is 2.31. The van der Waals surface area contributed by atoms with Crippen LogP contribution in [-0.4, -0.2) is 40.5 Å². The fraction of sp³-hybridized carbons (Fsp3) is 0.769. The van der Waals surface area contributed by atoms with Crippen LogP contribution in [0.25, 0.3) is 0 Å². The van der Waals surface area contributed by atoms with Crippen LogP contribution in [0.15, 0.2) is 0 Å². The highest BCUT2D eigenvalue weighted by Crippen LogP contribution is 2.26. The number of imide groups is 1. The molecule has 3 unspecified atom stereocenters. The summed E-state index contributed by atoms with van der Waals surface area (Å²) in [6.45, 7) is 6.77. The zero-order valence-electron chi connectivity index (χ0n) is 11.7. The van der Waals surface area contributed by atoms with Crippen LogP contribution in [0.5, 0.6) is 0 Å². The minimum absolute atomic E-state index is 0.0865. The predicted octanol–water partition coefficient (Wildman–Crippen LogP) is 1.45. The molecule has 6 heteroatoms. The lowest BCUT2D eigenvalue weighted by atomic mass is 9.86. The smallest absolute Gasteiger partial charge is 0.324 e. The molecule has 6 nitrogen and oxygen atoms in total. The largest absolute Gasteiger partial charge is 0.481 e. The number of piperidine rings is 1. The summed E-state index contributed by atoms with van der Waals surface area (Å²) < 4.78 is 0. The topological polar surface area (TPSA) is 86.7 Å². The molecule has 0 aliphatic carbocycles. The van der Waals surface area contributed by atoms with E-state index in [1.165, 1.54) is 0 Å². The van der Waals surface area contributed by atoms with Crippen molar-refractivity contribution < 1.29 is 19.5 Å². The summed E-state index contributed by atoms with van der Waals surface area (Å²) in [6.07, 6.45) is 0.633. The molecule has 19 heavy (non-hydrogen) atoms. The number of carboxylic acid groups (broad SMARTS) is 1. The molecule has 2 N–H and O–H groups in total. The third kappa shape index (κ3) is 4.54. The maximum absolute atomic E-state index is 12.0. The highest BCUT2D eigenvalue weighted by atomic mass is 16.4. The van der Waals surface area contributed by atoms with Crippen molar-refractivity contribution in [3.05, 3.63) is 0 Å². The second kappa shape index (κ2) is 6.54. The number of carboxylic acids is 1. The Morgan fingerprint density at radius 2 is 1.84 bits per heavy atom.